The van der Waals surface area contributed by atoms with Gasteiger partial charge in [0.2, 0.25) is 5.91 Å². The smallest absolute Gasteiger partial charge is 0.333 e. The fourth-order valence-corrected chi connectivity index (χ4v) is 4.21. The van der Waals surface area contributed by atoms with Crippen LogP contribution in [0, 0.1) is 5.92 Å². The molecule has 4 rings (SSSR count). The van der Waals surface area contributed by atoms with Gasteiger partial charge in [-0.1, -0.05) is 0 Å². The van der Waals surface area contributed by atoms with Crippen molar-refractivity contribution in [1.29, 1.82) is 0 Å². The van der Waals surface area contributed by atoms with Crippen molar-refractivity contribution in [2.24, 2.45) is 5.92 Å². The van der Waals surface area contributed by atoms with E-state index >= 15 is 0 Å². The molecule has 2 aliphatic rings. The number of carbonyl (C=O) groups is 2. The van der Waals surface area contributed by atoms with Gasteiger partial charge in [0, 0.05) is 30.1 Å². The van der Waals surface area contributed by atoms with Crippen LogP contribution in [0.5, 0.6) is 5.75 Å². The van der Waals surface area contributed by atoms with E-state index in [4.69, 9.17) is 9.47 Å². The van der Waals surface area contributed by atoms with E-state index < -0.39 is 17.4 Å². The molecule has 7 nitrogen and oxygen atoms in total. The van der Waals surface area contributed by atoms with Crippen LogP contribution >= 0.6 is 0 Å². The summed E-state index contributed by atoms with van der Waals surface area (Å²) < 4.78 is 10.4. The summed E-state index contributed by atoms with van der Waals surface area (Å²) in [6, 6.07) is 5.80. The van der Waals surface area contributed by atoms with Crippen LogP contribution in [0.1, 0.15) is 17.7 Å². The Morgan fingerprint density at radius 3 is 2.80 bits per heavy atom. The minimum atomic E-state index is -1.19. The van der Waals surface area contributed by atoms with Gasteiger partial charge in [0.25, 0.3) is 0 Å². The molecule has 132 valence electrons. The first-order chi connectivity index (χ1) is 12.1. The lowest BCUT2D eigenvalue weighted by molar-refractivity contribution is -0.155. The van der Waals surface area contributed by atoms with E-state index in [9.17, 15) is 9.59 Å². The number of nitrogens with one attached hydrogen (secondary N) is 3. The normalized spacial score (nSPS) is 25.5. The number of amides is 1. The highest BCUT2D eigenvalue weighted by atomic mass is 16.5. The molecular weight excluding hydrogens is 322 g/mol. The molecule has 1 amide bonds. The summed E-state index contributed by atoms with van der Waals surface area (Å²) in [5, 5.41) is 7.18. The number of aromatic nitrogens is 1. The van der Waals surface area contributed by atoms with Crippen LogP contribution in [0.15, 0.2) is 18.2 Å². The first kappa shape index (κ1) is 16.0. The van der Waals surface area contributed by atoms with Crippen LogP contribution in [0.2, 0.25) is 0 Å². The first-order valence-electron chi connectivity index (χ1n) is 8.42. The lowest BCUT2D eigenvalue weighted by Gasteiger charge is -2.39. The number of benzene rings is 1. The SMILES string of the molecule is COC(=O)[C@]1([C@@H]2CCNC2=O)NCCc2c1[nH]c1cc(OC)ccc21. The molecular formula is C18H21N3O4. The summed E-state index contributed by atoms with van der Waals surface area (Å²) in [7, 11) is 2.98. The van der Waals surface area contributed by atoms with Crippen molar-refractivity contribution >= 4 is 22.8 Å². The second kappa shape index (κ2) is 5.77. The molecule has 2 aliphatic heterocycles. The van der Waals surface area contributed by atoms with Gasteiger partial charge in [-0.3, -0.25) is 10.1 Å². The maximum Gasteiger partial charge on any atom is 0.333 e. The molecule has 7 heteroatoms. The van der Waals surface area contributed by atoms with Crippen LogP contribution < -0.4 is 15.4 Å². The van der Waals surface area contributed by atoms with Crippen LogP contribution in [0.25, 0.3) is 10.9 Å². The van der Waals surface area contributed by atoms with Crippen molar-refractivity contribution in [3.8, 4) is 5.75 Å². The average Bonchev–Trinajstić information content (AvgIpc) is 3.23. The van der Waals surface area contributed by atoms with Gasteiger partial charge in [-0.2, -0.15) is 0 Å². The van der Waals surface area contributed by atoms with Gasteiger partial charge in [0.05, 0.1) is 25.8 Å². The standard InChI is InChI=1S/C18H21N3O4/c1-24-10-3-4-11-12-5-8-20-18(17(23)25-2,13-6-7-19-16(13)22)15(12)21-14(11)9-10/h3-4,9,13,20-21H,5-8H2,1-2H3,(H,19,22)/t13-,18-/m1/s1. The van der Waals surface area contributed by atoms with Crippen LogP contribution in [-0.2, 0) is 26.3 Å². The fourth-order valence-electron chi connectivity index (χ4n) is 4.21. The highest BCUT2D eigenvalue weighted by Crippen LogP contribution is 2.42. The number of carbonyl (C=O) groups excluding carboxylic acids is 2. The van der Waals surface area contributed by atoms with E-state index in [0.717, 1.165) is 34.3 Å². The number of fused-ring (bicyclic) bond motifs is 3. The maximum atomic E-state index is 12.9. The summed E-state index contributed by atoms with van der Waals surface area (Å²) in [4.78, 5) is 28.7. The Balaban J connectivity index is 1.96. The molecule has 1 saturated heterocycles. The molecule has 1 fully saturated rings. The number of hydrogen-bond acceptors (Lipinski definition) is 5. The second-order valence-corrected chi connectivity index (χ2v) is 6.50. The Hall–Kier alpha value is -2.54. The summed E-state index contributed by atoms with van der Waals surface area (Å²) in [5.41, 5.74) is 1.49. The summed E-state index contributed by atoms with van der Waals surface area (Å²) in [6.07, 6.45) is 1.35. The van der Waals surface area contributed by atoms with Crippen molar-refractivity contribution in [3.05, 3.63) is 29.5 Å². The van der Waals surface area contributed by atoms with Gasteiger partial charge in [-0.05, 0) is 30.5 Å². The van der Waals surface area contributed by atoms with E-state index in [2.05, 4.69) is 15.6 Å². The average molecular weight is 343 g/mol. The van der Waals surface area contributed by atoms with E-state index in [-0.39, 0.29) is 5.91 Å². The quantitative estimate of drug-likeness (QED) is 0.718. The maximum absolute atomic E-state index is 12.9. The number of ether oxygens (including phenoxy) is 2. The highest BCUT2D eigenvalue weighted by Gasteiger charge is 2.56. The Morgan fingerprint density at radius 2 is 2.12 bits per heavy atom. The van der Waals surface area contributed by atoms with Crippen LogP contribution in [0.3, 0.4) is 0 Å². The van der Waals surface area contributed by atoms with E-state index in [1.54, 1.807) is 7.11 Å². The third-order valence-corrected chi connectivity index (χ3v) is 5.37. The van der Waals surface area contributed by atoms with Crippen molar-refractivity contribution in [3.63, 3.8) is 0 Å². The molecule has 0 bridgehead atoms. The molecule has 1 aromatic heterocycles. The van der Waals surface area contributed by atoms with Crippen molar-refractivity contribution in [1.82, 2.24) is 15.6 Å². The molecule has 0 unspecified atom stereocenters. The lowest BCUT2D eigenvalue weighted by Crippen LogP contribution is -2.60. The Bertz CT molecular complexity index is 859. The highest BCUT2D eigenvalue weighted by molar-refractivity contribution is 5.96. The second-order valence-electron chi connectivity index (χ2n) is 6.50. The van der Waals surface area contributed by atoms with E-state index in [0.29, 0.717) is 19.5 Å². The summed E-state index contributed by atoms with van der Waals surface area (Å²) >= 11 is 0. The van der Waals surface area contributed by atoms with Gasteiger partial charge in [0.15, 0.2) is 5.54 Å². The number of rotatable bonds is 3. The molecule has 1 aromatic carbocycles. The molecule has 2 aromatic rings. The predicted octanol–water partition coefficient (Wildman–Crippen LogP) is 0.827. The molecule has 3 N–H and O–H groups in total. The molecule has 0 spiro atoms. The van der Waals surface area contributed by atoms with Crippen LogP contribution in [0.4, 0.5) is 0 Å². The Morgan fingerprint density at radius 1 is 1.28 bits per heavy atom. The van der Waals surface area contributed by atoms with Gasteiger partial charge < -0.3 is 19.8 Å². The van der Waals surface area contributed by atoms with Gasteiger partial charge >= 0.3 is 5.97 Å². The molecule has 0 radical (unpaired) electrons. The zero-order valence-electron chi connectivity index (χ0n) is 14.3. The topological polar surface area (TPSA) is 92.5 Å². The largest absolute Gasteiger partial charge is 0.497 e. The van der Waals surface area contributed by atoms with Gasteiger partial charge in [-0.15, -0.1) is 0 Å². The summed E-state index contributed by atoms with van der Waals surface area (Å²) in [6.45, 7) is 1.16. The molecule has 0 aliphatic carbocycles. The van der Waals surface area contributed by atoms with Crippen molar-refractivity contribution < 1.29 is 19.1 Å². The monoisotopic (exact) mass is 343 g/mol. The minimum Gasteiger partial charge on any atom is -0.497 e. The number of H-pyrrole nitrogens is 1. The fraction of sp³-hybridized carbons (Fsp3) is 0.444. The van der Waals surface area contributed by atoms with E-state index in [1.165, 1.54) is 7.11 Å². The zero-order valence-corrected chi connectivity index (χ0v) is 14.3. The lowest BCUT2D eigenvalue weighted by atomic mass is 9.75. The predicted molar refractivity (Wildman–Crippen MR) is 91.4 cm³/mol. The summed E-state index contributed by atoms with van der Waals surface area (Å²) in [5.74, 6) is -0.328. The molecule has 3 heterocycles. The van der Waals surface area contributed by atoms with Gasteiger partial charge in [-0.25, -0.2) is 4.79 Å². The molecule has 0 saturated carbocycles. The first-order valence-corrected chi connectivity index (χ1v) is 8.42. The molecule has 2 atom stereocenters. The van der Waals surface area contributed by atoms with Crippen LogP contribution in [-0.4, -0.2) is 44.2 Å². The third kappa shape index (κ3) is 2.15. The number of methoxy groups -OCH3 is 2. The Labute approximate surface area is 145 Å². The third-order valence-electron chi connectivity index (χ3n) is 5.37. The minimum absolute atomic E-state index is 0.123. The van der Waals surface area contributed by atoms with Crippen molar-refractivity contribution in [2.75, 3.05) is 27.3 Å². The van der Waals surface area contributed by atoms with Gasteiger partial charge in [0.1, 0.15) is 5.75 Å². The number of hydrogen-bond donors (Lipinski definition) is 3. The van der Waals surface area contributed by atoms with Crippen molar-refractivity contribution in [2.45, 2.75) is 18.4 Å². The zero-order chi connectivity index (χ0) is 17.6. The Kier molecular flexibility index (Phi) is 3.68. The number of aromatic amines is 1. The van der Waals surface area contributed by atoms with E-state index in [1.807, 2.05) is 18.2 Å². The molecule has 25 heavy (non-hydrogen) atoms. The number of esters is 1.